The SMILES string of the molecule is Cc1ccc(Cl)c(Oc2ccccc2CN)c1. The Hall–Kier alpha value is -1.51. The minimum absolute atomic E-state index is 0.444. The molecular formula is C14H14ClNO. The minimum Gasteiger partial charge on any atom is -0.455 e. The van der Waals surface area contributed by atoms with Crippen molar-refractivity contribution >= 4 is 11.6 Å². The Balaban J connectivity index is 2.34. The van der Waals surface area contributed by atoms with Gasteiger partial charge in [0.25, 0.3) is 0 Å². The lowest BCUT2D eigenvalue weighted by molar-refractivity contribution is 0.476. The second kappa shape index (κ2) is 5.21. The molecule has 0 unspecified atom stereocenters. The van der Waals surface area contributed by atoms with Crippen molar-refractivity contribution in [3.8, 4) is 11.5 Å². The van der Waals surface area contributed by atoms with Gasteiger partial charge in [-0.15, -0.1) is 0 Å². The maximum Gasteiger partial charge on any atom is 0.146 e. The molecule has 0 saturated carbocycles. The molecule has 88 valence electrons. The zero-order chi connectivity index (χ0) is 12.3. The standard InChI is InChI=1S/C14H14ClNO/c1-10-6-7-12(15)14(8-10)17-13-5-3-2-4-11(13)9-16/h2-8H,9,16H2,1H3. The lowest BCUT2D eigenvalue weighted by Gasteiger charge is -2.11. The lowest BCUT2D eigenvalue weighted by atomic mass is 10.2. The highest BCUT2D eigenvalue weighted by Gasteiger charge is 2.06. The van der Waals surface area contributed by atoms with E-state index in [9.17, 15) is 0 Å². The number of rotatable bonds is 3. The second-order valence-corrected chi connectivity index (χ2v) is 4.25. The maximum atomic E-state index is 6.09. The average molecular weight is 248 g/mol. The van der Waals surface area contributed by atoms with Gasteiger partial charge in [-0.1, -0.05) is 35.9 Å². The molecule has 0 heterocycles. The summed E-state index contributed by atoms with van der Waals surface area (Å²) in [5.41, 5.74) is 7.73. The smallest absolute Gasteiger partial charge is 0.146 e. The molecule has 2 rings (SSSR count). The van der Waals surface area contributed by atoms with Gasteiger partial charge in [-0.05, 0) is 30.7 Å². The van der Waals surface area contributed by atoms with Gasteiger partial charge in [-0.25, -0.2) is 0 Å². The van der Waals surface area contributed by atoms with Crippen LogP contribution in [-0.2, 0) is 6.54 Å². The number of benzene rings is 2. The minimum atomic E-state index is 0.444. The van der Waals surface area contributed by atoms with E-state index in [0.717, 1.165) is 16.9 Å². The van der Waals surface area contributed by atoms with Crippen molar-refractivity contribution in [1.29, 1.82) is 0 Å². The molecule has 2 aromatic rings. The summed E-state index contributed by atoms with van der Waals surface area (Å²) in [6.07, 6.45) is 0. The molecular weight excluding hydrogens is 234 g/mol. The Kier molecular flexibility index (Phi) is 3.67. The van der Waals surface area contributed by atoms with Crippen LogP contribution in [-0.4, -0.2) is 0 Å². The van der Waals surface area contributed by atoms with E-state index in [4.69, 9.17) is 22.1 Å². The van der Waals surface area contributed by atoms with Gasteiger partial charge in [-0.2, -0.15) is 0 Å². The molecule has 0 aliphatic heterocycles. The first-order valence-corrected chi connectivity index (χ1v) is 5.80. The first-order valence-electron chi connectivity index (χ1n) is 5.42. The number of hydrogen-bond donors (Lipinski definition) is 1. The van der Waals surface area contributed by atoms with Crippen LogP contribution in [0.4, 0.5) is 0 Å². The van der Waals surface area contributed by atoms with Crippen LogP contribution in [0.1, 0.15) is 11.1 Å². The Morgan fingerprint density at radius 2 is 1.88 bits per heavy atom. The fraction of sp³-hybridized carbons (Fsp3) is 0.143. The number of halogens is 1. The van der Waals surface area contributed by atoms with E-state index in [-0.39, 0.29) is 0 Å². The molecule has 17 heavy (non-hydrogen) atoms. The first kappa shape index (κ1) is 12.0. The monoisotopic (exact) mass is 247 g/mol. The van der Waals surface area contributed by atoms with Crippen LogP contribution >= 0.6 is 11.6 Å². The quantitative estimate of drug-likeness (QED) is 0.893. The zero-order valence-corrected chi connectivity index (χ0v) is 10.4. The maximum absolute atomic E-state index is 6.09. The summed E-state index contributed by atoms with van der Waals surface area (Å²) in [5.74, 6) is 1.41. The topological polar surface area (TPSA) is 35.2 Å². The molecule has 0 atom stereocenters. The third kappa shape index (κ3) is 2.78. The van der Waals surface area contributed by atoms with Gasteiger partial charge < -0.3 is 10.5 Å². The van der Waals surface area contributed by atoms with Crippen molar-refractivity contribution in [1.82, 2.24) is 0 Å². The molecule has 0 spiro atoms. The molecule has 3 heteroatoms. The normalized spacial score (nSPS) is 10.3. The molecule has 0 fully saturated rings. The van der Waals surface area contributed by atoms with Crippen LogP contribution in [0.25, 0.3) is 0 Å². The van der Waals surface area contributed by atoms with Gasteiger partial charge in [0.15, 0.2) is 0 Å². The highest BCUT2D eigenvalue weighted by molar-refractivity contribution is 6.32. The second-order valence-electron chi connectivity index (χ2n) is 3.85. The predicted octanol–water partition coefficient (Wildman–Crippen LogP) is 3.90. The molecule has 0 saturated heterocycles. The summed E-state index contributed by atoms with van der Waals surface area (Å²) in [6.45, 7) is 2.44. The highest BCUT2D eigenvalue weighted by Crippen LogP contribution is 2.31. The first-order chi connectivity index (χ1) is 8.20. The number of nitrogens with two attached hydrogens (primary N) is 1. The van der Waals surface area contributed by atoms with E-state index in [0.29, 0.717) is 17.3 Å². The number of para-hydroxylation sites is 1. The van der Waals surface area contributed by atoms with Crippen molar-refractivity contribution < 1.29 is 4.74 Å². The summed E-state index contributed by atoms with van der Waals surface area (Å²) in [5, 5.41) is 0.599. The number of hydrogen-bond acceptors (Lipinski definition) is 2. The van der Waals surface area contributed by atoms with Crippen LogP contribution in [0, 0.1) is 6.92 Å². The number of ether oxygens (including phenoxy) is 1. The van der Waals surface area contributed by atoms with Gasteiger partial charge in [0.2, 0.25) is 0 Å². The van der Waals surface area contributed by atoms with E-state index in [1.165, 1.54) is 0 Å². The third-order valence-corrected chi connectivity index (χ3v) is 2.81. The summed E-state index contributed by atoms with van der Waals surface area (Å²) in [6, 6.07) is 13.4. The molecule has 0 aliphatic rings. The molecule has 0 aliphatic carbocycles. The molecule has 2 nitrogen and oxygen atoms in total. The fourth-order valence-electron chi connectivity index (χ4n) is 1.58. The van der Waals surface area contributed by atoms with Crippen molar-refractivity contribution in [3.05, 3.63) is 58.6 Å². The van der Waals surface area contributed by atoms with Crippen LogP contribution in [0.15, 0.2) is 42.5 Å². The molecule has 0 aromatic heterocycles. The van der Waals surface area contributed by atoms with Crippen LogP contribution in [0.2, 0.25) is 5.02 Å². The van der Waals surface area contributed by atoms with Gasteiger partial charge in [0, 0.05) is 12.1 Å². The largest absolute Gasteiger partial charge is 0.455 e. The van der Waals surface area contributed by atoms with Gasteiger partial charge >= 0.3 is 0 Å². The average Bonchev–Trinajstić information content (AvgIpc) is 2.34. The summed E-state index contributed by atoms with van der Waals surface area (Å²) >= 11 is 6.09. The zero-order valence-electron chi connectivity index (χ0n) is 9.61. The van der Waals surface area contributed by atoms with Crippen LogP contribution in [0.5, 0.6) is 11.5 Å². The van der Waals surface area contributed by atoms with Crippen molar-refractivity contribution in [2.45, 2.75) is 13.5 Å². The molecule has 0 amide bonds. The third-order valence-electron chi connectivity index (χ3n) is 2.50. The Morgan fingerprint density at radius 1 is 1.12 bits per heavy atom. The summed E-state index contributed by atoms with van der Waals surface area (Å²) in [4.78, 5) is 0. The number of aryl methyl sites for hydroxylation is 1. The van der Waals surface area contributed by atoms with Gasteiger partial charge in [-0.3, -0.25) is 0 Å². The van der Waals surface area contributed by atoms with Crippen molar-refractivity contribution in [2.24, 2.45) is 5.73 Å². The van der Waals surface area contributed by atoms with E-state index >= 15 is 0 Å². The predicted molar refractivity (Wildman–Crippen MR) is 70.6 cm³/mol. The fourth-order valence-corrected chi connectivity index (χ4v) is 1.74. The van der Waals surface area contributed by atoms with Crippen LogP contribution in [0.3, 0.4) is 0 Å². The van der Waals surface area contributed by atoms with E-state index < -0.39 is 0 Å². The van der Waals surface area contributed by atoms with Crippen LogP contribution < -0.4 is 10.5 Å². The molecule has 2 N–H and O–H groups in total. The van der Waals surface area contributed by atoms with Gasteiger partial charge in [0.1, 0.15) is 11.5 Å². The summed E-state index contributed by atoms with van der Waals surface area (Å²) < 4.78 is 5.80. The Morgan fingerprint density at radius 3 is 2.65 bits per heavy atom. The van der Waals surface area contributed by atoms with E-state index in [2.05, 4.69) is 0 Å². The molecule has 0 bridgehead atoms. The lowest BCUT2D eigenvalue weighted by Crippen LogP contribution is -1.99. The Bertz CT molecular complexity index is 525. The van der Waals surface area contributed by atoms with Gasteiger partial charge in [0.05, 0.1) is 5.02 Å². The summed E-state index contributed by atoms with van der Waals surface area (Å²) in [7, 11) is 0. The molecule has 0 radical (unpaired) electrons. The van der Waals surface area contributed by atoms with Crippen molar-refractivity contribution in [3.63, 3.8) is 0 Å². The van der Waals surface area contributed by atoms with Crippen molar-refractivity contribution in [2.75, 3.05) is 0 Å². The molecule has 2 aromatic carbocycles. The highest BCUT2D eigenvalue weighted by atomic mass is 35.5. The Labute approximate surface area is 106 Å². The van der Waals surface area contributed by atoms with E-state index in [1.54, 1.807) is 0 Å². The van der Waals surface area contributed by atoms with E-state index in [1.807, 2.05) is 49.4 Å².